The van der Waals surface area contributed by atoms with Crippen molar-refractivity contribution in [3.63, 3.8) is 0 Å². The van der Waals surface area contributed by atoms with Gasteiger partial charge >= 0.3 is 0 Å². The molecule has 0 aromatic rings. The van der Waals surface area contributed by atoms with Gasteiger partial charge in [-0.2, -0.15) is 0 Å². The van der Waals surface area contributed by atoms with Crippen LogP contribution < -0.4 is 0 Å². The molecular formula is C20H36N4O3. The topological polar surface area (TPSA) is 56.3 Å². The van der Waals surface area contributed by atoms with Crippen molar-refractivity contribution in [2.75, 3.05) is 65.5 Å². The lowest BCUT2D eigenvalue weighted by atomic mass is 10.1. The minimum Gasteiger partial charge on any atom is -0.376 e. The molecule has 0 N–H and O–H groups in total. The lowest BCUT2D eigenvalue weighted by molar-refractivity contribution is -0.141. The molecule has 154 valence electrons. The Labute approximate surface area is 163 Å². The highest BCUT2D eigenvalue weighted by Crippen LogP contribution is 2.18. The molecule has 2 atom stereocenters. The van der Waals surface area contributed by atoms with E-state index in [2.05, 4.69) is 9.80 Å². The molecule has 0 aliphatic carbocycles. The number of piperidine rings is 1. The molecule has 3 saturated heterocycles. The van der Waals surface area contributed by atoms with E-state index in [0.29, 0.717) is 26.2 Å². The Morgan fingerprint density at radius 1 is 0.963 bits per heavy atom. The van der Waals surface area contributed by atoms with Gasteiger partial charge in [0.1, 0.15) is 0 Å². The molecule has 0 aromatic carbocycles. The zero-order chi connectivity index (χ0) is 19.2. The molecule has 3 rings (SSSR count). The van der Waals surface area contributed by atoms with Gasteiger partial charge in [0.25, 0.3) is 0 Å². The van der Waals surface area contributed by atoms with Crippen LogP contribution in [0.25, 0.3) is 0 Å². The van der Waals surface area contributed by atoms with Gasteiger partial charge in [0.15, 0.2) is 0 Å². The molecule has 0 saturated carbocycles. The van der Waals surface area contributed by atoms with E-state index in [0.717, 1.165) is 32.7 Å². The first-order valence-electron chi connectivity index (χ1n) is 10.7. The minimum atomic E-state index is -0.107. The van der Waals surface area contributed by atoms with Crippen molar-refractivity contribution >= 4 is 11.8 Å². The maximum absolute atomic E-state index is 12.8. The number of ether oxygens (including phenoxy) is 1. The second-order valence-electron chi connectivity index (χ2n) is 8.19. The number of hydrogen-bond acceptors (Lipinski definition) is 5. The molecule has 3 aliphatic rings. The van der Waals surface area contributed by atoms with Gasteiger partial charge in [0.05, 0.1) is 18.8 Å². The molecule has 0 spiro atoms. The van der Waals surface area contributed by atoms with Gasteiger partial charge < -0.3 is 19.4 Å². The van der Waals surface area contributed by atoms with E-state index < -0.39 is 0 Å². The summed E-state index contributed by atoms with van der Waals surface area (Å²) in [6, 6.07) is -0.107. The fourth-order valence-electron chi connectivity index (χ4n) is 4.44. The summed E-state index contributed by atoms with van der Waals surface area (Å²) in [5.74, 6) is 0.284. The Balaban J connectivity index is 1.36. The minimum absolute atomic E-state index is 0.0965. The molecule has 2 amide bonds. The van der Waals surface area contributed by atoms with Crippen molar-refractivity contribution in [2.24, 2.45) is 0 Å². The molecule has 2 unspecified atom stereocenters. The van der Waals surface area contributed by atoms with Crippen LogP contribution in [0.1, 0.15) is 39.5 Å². The first kappa shape index (κ1) is 20.6. The van der Waals surface area contributed by atoms with Gasteiger partial charge in [0, 0.05) is 52.7 Å². The number of hydrogen-bond donors (Lipinski definition) is 0. The van der Waals surface area contributed by atoms with Crippen LogP contribution >= 0.6 is 0 Å². The lowest BCUT2D eigenvalue weighted by Gasteiger charge is -2.37. The Morgan fingerprint density at radius 2 is 1.63 bits per heavy atom. The first-order valence-corrected chi connectivity index (χ1v) is 10.7. The normalized spacial score (nSPS) is 26.4. The van der Waals surface area contributed by atoms with Gasteiger partial charge in [-0.3, -0.25) is 14.5 Å². The number of carbonyl (C=O) groups excluding carboxylic acids is 2. The highest BCUT2D eigenvalue weighted by molar-refractivity contribution is 5.82. The van der Waals surface area contributed by atoms with Gasteiger partial charge in [-0.05, 0) is 39.3 Å². The van der Waals surface area contributed by atoms with E-state index >= 15 is 0 Å². The summed E-state index contributed by atoms with van der Waals surface area (Å²) >= 11 is 0. The van der Waals surface area contributed by atoms with Crippen molar-refractivity contribution in [3.8, 4) is 0 Å². The molecule has 3 heterocycles. The fraction of sp³-hybridized carbons (Fsp3) is 0.900. The van der Waals surface area contributed by atoms with Crippen molar-refractivity contribution in [1.29, 1.82) is 0 Å². The van der Waals surface area contributed by atoms with Gasteiger partial charge in [-0.15, -0.1) is 0 Å². The Bertz CT molecular complexity index is 501. The second-order valence-corrected chi connectivity index (χ2v) is 8.19. The zero-order valence-electron chi connectivity index (χ0n) is 17.1. The number of likely N-dealkylation sites (tertiary alicyclic amines) is 2. The first-order chi connectivity index (χ1) is 13.0. The van der Waals surface area contributed by atoms with Crippen LogP contribution in [0.4, 0.5) is 0 Å². The quantitative estimate of drug-likeness (QED) is 0.677. The van der Waals surface area contributed by atoms with Crippen molar-refractivity contribution in [3.05, 3.63) is 0 Å². The Hall–Kier alpha value is -1.18. The maximum Gasteiger partial charge on any atom is 0.239 e. The number of piperazine rings is 1. The van der Waals surface area contributed by atoms with Gasteiger partial charge in [0.2, 0.25) is 11.8 Å². The summed E-state index contributed by atoms with van der Waals surface area (Å²) in [4.78, 5) is 32.7. The summed E-state index contributed by atoms with van der Waals surface area (Å²) in [5.41, 5.74) is 0. The molecular weight excluding hydrogens is 344 g/mol. The fourth-order valence-corrected chi connectivity index (χ4v) is 4.44. The van der Waals surface area contributed by atoms with Crippen molar-refractivity contribution in [1.82, 2.24) is 19.6 Å². The van der Waals surface area contributed by atoms with E-state index in [9.17, 15) is 9.59 Å². The number of amides is 2. The van der Waals surface area contributed by atoms with Gasteiger partial charge in [-0.25, -0.2) is 0 Å². The van der Waals surface area contributed by atoms with Crippen LogP contribution in [-0.2, 0) is 14.3 Å². The average molecular weight is 381 g/mol. The smallest absolute Gasteiger partial charge is 0.239 e. The second kappa shape index (κ2) is 9.85. The summed E-state index contributed by atoms with van der Waals surface area (Å²) in [7, 11) is 0. The van der Waals surface area contributed by atoms with E-state index in [4.69, 9.17) is 4.74 Å². The monoisotopic (exact) mass is 380 g/mol. The van der Waals surface area contributed by atoms with Crippen LogP contribution in [0.5, 0.6) is 0 Å². The molecule has 3 fully saturated rings. The average Bonchev–Trinajstić information content (AvgIpc) is 3.16. The van der Waals surface area contributed by atoms with Crippen LogP contribution in [-0.4, -0.2) is 109 Å². The number of carbonyl (C=O) groups is 2. The maximum atomic E-state index is 12.8. The Morgan fingerprint density at radius 3 is 2.30 bits per heavy atom. The summed E-state index contributed by atoms with van der Waals surface area (Å²) in [6.45, 7) is 12.2. The van der Waals surface area contributed by atoms with Crippen LogP contribution in [0.3, 0.4) is 0 Å². The third-order valence-electron chi connectivity index (χ3n) is 6.33. The largest absolute Gasteiger partial charge is 0.376 e. The molecule has 7 heteroatoms. The number of nitrogens with zero attached hydrogens (tertiary/aromatic N) is 4. The molecule has 0 radical (unpaired) electrons. The lowest BCUT2D eigenvalue weighted by Crippen LogP contribution is -2.54. The molecule has 3 aliphatic heterocycles. The van der Waals surface area contributed by atoms with E-state index in [1.807, 2.05) is 16.7 Å². The predicted octanol–water partition coefficient (Wildman–Crippen LogP) is 0.642. The SMILES string of the molecule is CC(=O)N1CCN(C(=O)C(C)N2CCC(OCCN3CCCCC3)C2)CC1. The molecule has 27 heavy (non-hydrogen) atoms. The third kappa shape index (κ3) is 5.65. The summed E-state index contributed by atoms with van der Waals surface area (Å²) < 4.78 is 6.10. The van der Waals surface area contributed by atoms with Crippen LogP contribution in [0, 0.1) is 0 Å². The highest BCUT2D eigenvalue weighted by atomic mass is 16.5. The number of rotatable bonds is 6. The van der Waals surface area contributed by atoms with E-state index in [1.54, 1.807) is 6.92 Å². The van der Waals surface area contributed by atoms with E-state index in [-0.39, 0.29) is 24.0 Å². The summed E-state index contributed by atoms with van der Waals surface area (Å²) in [6.07, 6.45) is 5.26. The van der Waals surface area contributed by atoms with Gasteiger partial charge in [-0.1, -0.05) is 6.42 Å². The Kier molecular flexibility index (Phi) is 7.49. The van der Waals surface area contributed by atoms with Crippen LogP contribution in [0.2, 0.25) is 0 Å². The summed E-state index contributed by atoms with van der Waals surface area (Å²) in [5, 5.41) is 0. The van der Waals surface area contributed by atoms with Crippen LogP contribution in [0.15, 0.2) is 0 Å². The molecule has 0 bridgehead atoms. The predicted molar refractivity (Wildman–Crippen MR) is 105 cm³/mol. The zero-order valence-corrected chi connectivity index (χ0v) is 17.1. The van der Waals surface area contributed by atoms with Crippen molar-refractivity contribution < 1.29 is 14.3 Å². The van der Waals surface area contributed by atoms with E-state index in [1.165, 1.54) is 32.4 Å². The third-order valence-corrected chi connectivity index (χ3v) is 6.33. The van der Waals surface area contributed by atoms with Crippen molar-refractivity contribution in [2.45, 2.75) is 51.7 Å². The standard InChI is InChI=1S/C20H36N4O3/c1-17(20(26)23-12-10-22(11-13-23)18(2)25)24-9-6-19(16-24)27-15-14-21-7-4-3-5-8-21/h17,19H,3-16H2,1-2H3. The highest BCUT2D eigenvalue weighted by Gasteiger charge is 2.33. The molecule has 7 nitrogen and oxygen atoms in total. The molecule has 0 aromatic heterocycles.